The van der Waals surface area contributed by atoms with Crippen LogP contribution < -0.4 is 0 Å². The molecule has 4 nitrogen and oxygen atoms in total. The lowest BCUT2D eigenvalue weighted by Crippen LogP contribution is -2.27. The molecule has 126 valence electrons. The van der Waals surface area contributed by atoms with Crippen molar-refractivity contribution in [3.63, 3.8) is 0 Å². The van der Waals surface area contributed by atoms with E-state index in [1.165, 1.54) is 6.07 Å². The van der Waals surface area contributed by atoms with Crippen LogP contribution in [0.2, 0.25) is 0 Å². The summed E-state index contributed by atoms with van der Waals surface area (Å²) in [4.78, 5) is 1.91. The number of rotatable bonds is 7. The summed E-state index contributed by atoms with van der Waals surface area (Å²) >= 11 is 0. The van der Waals surface area contributed by atoms with Crippen LogP contribution in [-0.2, 0) is 13.1 Å². The van der Waals surface area contributed by atoms with Crippen molar-refractivity contribution >= 4 is 0 Å². The Bertz CT molecular complexity index is 720. The van der Waals surface area contributed by atoms with E-state index in [1.807, 2.05) is 17.0 Å². The fraction of sp³-hybridized carbons (Fsp3) is 0.222. The first kappa shape index (κ1) is 16.4. The topological polar surface area (TPSA) is 49.8 Å². The summed E-state index contributed by atoms with van der Waals surface area (Å²) in [6.07, 6.45) is 2.18. The molecule has 0 aliphatic rings. The highest BCUT2D eigenvalue weighted by molar-refractivity contribution is 5.20. The predicted molar refractivity (Wildman–Crippen MR) is 82.8 cm³/mol. The van der Waals surface area contributed by atoms with Crippen LogP contribution in [0.15, 0.2) is 63.8 Å². The molecule has 6 heteroatoms. The van der Waals surface area contributed by atoms with Gasteiger partial charge in [-0.3, -0.25) is 4.90 Å². The maximum Gasteiger partial charge on any atom is 0.159 e. The number of aliphatic hydroxyl groups excluding tert-OH is 1. The summed E-state index contributed by atoms with van der Waals surface area (Å²) < 4.78 is 37.1. The molecule has 0 radical (unpaired) electrons. The molecule has 0 amide bonds. The van der Waals surface area contributed by atoms with E-state index in [4.69, 9.17) is 8.83 Å². The molecular formula is C18H17F2NO3. The smallest absolute Gasteiger partial charge is 0.159 e. The average Bonchev–Trinajstić information content (AvgIpc) is 3.23. The standard InChI is InChI=1S/C18H17F2NO3/c19-16-6-5-13(9-17(16)20)18(22)12-21(10-14-3-1-7-23-14)11-15-4-2-8-24-15/h1-9,18,22H,10-12H2. The van der Waals surface area contributed by atoms with Gasteiger partial charge >= 0.3 is 0 Å². The Kier molecular flexibility index (Phi) is 5.08. The van der Waals surface area contributed by atoms with Gasteiger partial charge < -0.3 is 13.9 Å². The third-order valence-corrected chi connectivity index (χ3v) is 3.68. The van der Waals surface area contributed by atoms with E-state index in [0.29, 0.717) is 18.7 Å². The summed E-state index contributed by atoms with van der Waals surface area (Å²) in [5.74, 6) is -0.442. The maximum atomic E-state index is 13.4. The van der Waals surface area contributed by atoms with Crippen LogP contribution in [0.5, 0.6) is 0 Å². The Hall–Kier alpha value is -2.44. The van der Waals surface area contributed by atoms with Gasteiger partial charge in [0.05, 0.1) is 31.7 Å². The molecule has 3 rings (SSSR count). The molecule has 1 aromatic carbocycles. The van der Waals surface area contributed by atoms with E-state index in [9.17, 15) is 13.9 Å². The van der Waals surface area contributed by atoms with Gasteiger partial charge in [0.1, 0.15) is 11.5 Å². The lowest BCUT2D eigenvalue weighted by atomic mass is 10.1. The molecule has 3 aromatic rings. The van der Waals surface area contributed by atoms with Crippen molar-refractivity contribution in [3.05, 3.63) is 83.7 Å². The van der Waals surface area contributed by atoms with Gasteiger partial charge in [-0.25, -0.2) is 8.78 Å². The predicted octanol–water partition coefficient (Wildman–Crippen LogP) is 3.89. The molecule has 0 saturated carbocycles. The highest BCUT2D eigenvalue weighted by Gasteiger charge is 2.18. The first-order valence-electron chi connectivity index (χ1n) is 7.52. The largest absolute Gasteiger partial charge is 0.468 e. The Labute approximate surface area is 137 Å². The molecule has 0 aliphatic heterocycles. The van der Waals surface area contributed by atoms with Gasteiger partial charge in [-0.05, 0) is 42.0 Å². The summed E-state index contributed by atoms with van der Waals surface area (Å²) in [7, 11) is 0. The Morgan fingerprint density at radius 1 is 0.917 bits per heavy atom. The summed E-state index contributed by atoms with van der Waals surface area (Å²) in [6.45, 7) is 1.12. The quantitative estimate of drug-likeness (QED) is 0.713. The minimum absolute atomic E-state index is 0.215. The number of hydrogen-bond acceptors (Lipinski definition) is 4. The van der Waals surface area contributed by atoms with Gasteiger partial charge in [0, 0.05) is 6.54 Å². The van der Waals surface area contributed by atoms with Crippen molar-refractivity contribution in [2.45, 2.75) is 19.2 Å². The number of hydrogen-bond donors (Lipinski definition) is 1. The molecule has 0 spiro atoms. The zero-order chi connectivity index (χ0) is 16.9. The fourth-order valence-corrected chi connectivity index (χ4v) is 2.50. The zero-order valence-corrected chi connectivity index (χ0v) is 12.9. The molecule has 2 aromatic heterocycles. The minimum atomic E-state index is -0.977. The van der Waals surface area contributed by atoms with Crippen molar-refractivity contribution in [2.75, 3.05) is 6.54 Å². The van der Waals surface area contributed by atoms with Crippen LogP contribution in [0.4, 0.5) is 8.78 Å². The molecule has 0 saturated heterocycles. The molecule has 1 unspecified atom stereocenters. The van der Waals surface area contributed by atoms with Crippen molar-refractivity contribution in [2.24, 2.45) is 0 Å². The normalized spacial score (nSPS) is 12.7. The van der Waals surface area contributed by atoms with Crippen LogP contribution in [0.1, 0.15) is 23.2 Å². The summed E-state index contributed by atoms with van der Waals surface area (Å²) in [6, 6.07) is 10.6. The number of nitrogens with zero attached hydrogens (tertiary/aromatic N) is 1. The molecule has 24 heavy (non-hydrogen) atoms. The van der Waals surface area contributed by atoms with E-state index in [1.54, 1.807) is 24.7 Å². The fourth-order valence-electron chi connectivity index (χ4n) is 2.50. The lowest BCUT2D eigenvalue weighted by Gasteiger charge is -2.23. The zero-order valence-electron chi connectivity index (χ0n) is 12.9. The van der Waals surface area contributed by atoms with Crippen LogP contribution in [0.25, 0.3) is 0 Å². The number of halogens is 2. The first-order valence-corrected chi connectivity index (χ1v) is 7.52. The van der Waals surface area contributed by atoms with Gasteiger partial charge in [0.2, 0.25) is 0 Å². The van der Waals surface area contributed by atoms with Crippen molar-refractivity contribution in [3.8, 4) is 0 Å². The summed E-state index contributed by atoms with van der Waals surface area (Å²) in [5.41, 5.74) is 0.317. The van der Waals surface area contributed by atoms with Gasteiger partial charge in [-0.1, -0.05) is 6.07 Å². The van der Waals surface area contributed by atoms with Gasteiger partial charge in [-0.15, -0.1) is 0 Å². The third-order valence-electron chi connectivity index (χ3n) is 3.68. The molecule has 0 fully saturated rings. The van der Waals surface area contributed by atoms with Crippen molar-refractivity contribution in [1.82, 2.24) is 4.90 Å². The minimum Gasteiger partial charge on any atom is -0.468 e. The Balaban J connectivity index is 1.73. The number of furan rings is 2. The van der Waals surface area contributed by atoms with Crippen molar-refractivity contribution in [1.29, 1.82) is 0 Å². The van der Waals surface area contributed by atoms with Crippen molar-refractivity contribution < 1.29 is 22.7 Å². The summed E-state index contributed by atoms with van der Waals surface area (Å²) in [5, 5.41) is 10.4. The van der Waals surface area contributed by atoms with E-state index in [-0.39, 0.29) is 6.54 Å². The second kappa shape index (κ2) is 7.42. The maximum absolute atomic E-state index is 13.4. The second-order valence-corrected chi connectivity index (χ2v) is 5.52. The monoisotopic (exact) mass is 333 g/mol. The SMILES string of the molecule is OC(CN(Cc1ccco1)Cc1ccco1)c1ccc(F)c(F)c1. The highest BCUT2D eigenvalue weighted by Crippen LogP contribution is 2.20. The molecular weight excluding hydrogens is 316 g/mol. The molecule has 1 N–H and O–H groups in total. The Morgan fingerprint density at radius 3 is 2.04 bits per heavy atom. The van der Waals surface area contributed by atoms with Crippen LogP contribution in [0, 0.1) is 11.6 Å². The van der Waals surface area contributed by atoms with E-state index in [0.717, 1.165) is 23.7 Å². The third kappa shape index (κ3) is 4.10. The van der Waals surface area contributed by atoms with Crippen LogP contribution in [0.3, 0.4) is 0 Å². The first-order chi connectivity index (χ1) is 11.6. The van der Waals surface area contributed by atoms with Crippen LogP contribution in [-0.4, -0.2) is 16.6 Å². The van der Waals surface area contributed by atoms with E-state index in [2.05, 4.69) is 0 Å². The molecule has 0 aliphatic carbocycles. The highest BCUT2D eigenvalue weighted by atomic mass is 19.2. The van der Waals surface area contributed by atoms with Gasteiger partial charge in [0.15, 0.2) is 11.6 Å². The number of aliphatic hydroxyl groups is 1. The van der Waals surface area contributed by atoms with Gasteiger partial charge in [-0.2, -0.15) is 0 Å². The van der Waals surface area contributed by atoms with E-state index >= 15 is 0 Å². The average molecular weight is 333 g/mol. The lowest BCUT2D eigenvalue weighted by molar-refractivity contribution is 0.0958. The number of benzene rings is 1. The van der Waals surface area contributed by atoms with Crippen LogP contribution >= 0.6 is 0 Å². The second-order valence-electron chi connectivity index (χ2n) is 5.52. The Morgan fingerprint density at radius 2 is 1.54 bits per heavy atom. The van der Waals surface area contributed by atoms with Gasteiger partial charge in [0.25, 0.3) is 0 Å². The molecule has 0 bridgehead atoms. The molecule has 2 heterocycles. The van der Waals surface area contributed by atoms with E-state index < -0.39 is 17.7 Å². The molecule has 1 atom stereocenters.